The van der Waals surface area contributed by atoms with Crippen LogP contribution in [0.1, 0.15) is 19.6 Å². The molecule has 2 rings (SSSR count). The molecular formula is C14H19N3O2. The predicted octanol–water partition coefficient (Wildman–Crippen LogP) is 2.70. The lowest BCUT2D eigenvalue weighted by molar-refractivity contribution is 0.329. The molecule has 2 aromatic heterocycles. The van der Waals surface area contributed by atoms with Gasteiger partial charge in [0.05, 0.1) is 18.6 Å². The van der Waals surface area contributed by atoms with Crippen LogP contribution in [0.2, 0.25) is 0 Å². The van der Waals surface area contributed by atoms with Crippen molar-refractivity contribution in [1.29, 1.82) is 0 Å². The molecule has 0 aliphatic heterocycles. The summed E-state index contributed by atoms with van der Waals surface area (Å²) < 4.78 is 10.7. The molecule has 2 heterocycles. The van der Waals surface area contributed by atoms with E-state index in [0.717, 1.165) is 18.0 Å². The van der Waals surface area contributed by atoms with E-state index in [0.29, 0.717) is 18.2 Å². The number of furan rings is 1. The Bertz CT molecular complexity index is 511. The lowest BCUT2D eigenvalue weighted by Gasteiger charge is -2.14. The smallest absolute Gasteiger partial charge is 0.239 e. The molecule has 0 amide bonds. The first-order valence-electron chi connectivity index (χ1n) is 6.37. The summed E-state index contributed by atoms with van der Waals surface area (Å²) in [5, 5.41) is 3.30. The molecule has 0 bridgehead atoms. The monoisotopic (exact) mass is 261 g/mol. The van der Waals surface area contributed by atoms with Crippen molar-refractivity contribution in [2.24, 2.45) is 0 Å². The molecule has 0 aromatic carbocycles. The van der Waals surface area contributed by atoms with Crippen LogP contribution in [0.25, 0.3) is 0 Å². The highest BCUT2D eigenvalue weighted by molar-refractivity contribution is 5.53. The van der Waals surface area contributed by atoms with E-state index in [4.69, 9.17) is 14.9 Å². The first-order chi connectivity index (χ1) is 9.19. The van der Waals surface area contributed by atoms with E-state index < -0.39 is 0 Å². The minimum Gasteiger partial charge on any atom is -0.476 e. The Labute approximate surface area is 112 Å². The fourth-order valence-corrected chi connectivity index (χ4v) is 1.82. The summed E-state index contributed by atoms with van der Waals surface area (Å²) in [6.07, 6.45) is 2.47. The van der Waals surface area contributed by atoms with Crippen LogP contribution in [0.3, 0.4) is 0 Å². The van der Waals surface area contributed by atoms with Gasteiger partial charge in [-0.15, -0.1) is 0 Å². The zero-order valence-electron chi connectivity index (χ0n) is 11.2. The van der Waals surface area contributed by atoms with Gasteiger partial charge < -0.3 is 20.2 Å². The average Bonchev–Trinajstić information content (AvgIpc) is 2.86. The van der Waals surface area contributed by atoms with Crippen molar-refractivity contribution in [3.8, 4) is 5.88 Å². The van der Waals surface area contributed by atoms with Gasteiger partial charge in [0.15, 0.2) is 0 Å². The fourth-order valence-electron chi connectivity index (χ4n) is 1.82. The van der Waals surface area contributed by atoms with E-state index in [2.05, 4.69) is 17.2 Å². The number of rotatable bonds is 6. The van der Waals surface area contributed by atoms with Gasteiger partial charge in [-0.3, -0.25) is 0 Å². The predicted molar refractivity (Wildman–Crippen MR) is 75.3 cm³/mol. The van der Waals surface area contributed by atoms with Crippen molar-refractivity contribution in [3.05, 3.63) is 36.3 Å². The molecule has 0 spiro atoms. The number of aromatic nitrogens is 1. The van der Waals surface area contributed by atoms with Crippen LogP contribution in [-0.4, -0.2) is 17.6 Å². The van der Waals surface area contributed by atoms with Gasteiger partial charge in [0.25, 0.3) is 0 Å². The molecule has 102 valence electrons. The Balaban J connectivity index is 2.00. The maximum atomic E-state index is 5.79. The van der Waals surface area contributed by atoms with Crippen LogP contribution >= 0.6 is 0 Å². The maximum absolute atomic E-state index is 5.79. The Kier molecular flexibility index (Phi) is 4.28. The number of pyridine rings is 1. The number of anilines is 2. The van der Waals surface area contributed by atoms with Gasteiger partial charge >= 0.3 is 0 Å². The minimum absolute atomic E-state index is 0.205. The molecule has 0 saturated heterocycles. The molecule has 0 fully saturated rings. The highest BCUT2D eigenvalue weighted by Crippen LogP contribution is 2.21. The highest BCUT2D eigenvalue weighted by Gasteiger charge is 2.08. The molecular weight excluding hydrogens is 242 g/mol. The topological polar surface area (TPSA) is 73.3 Å². The van der Waals surface area contributed by atoms with Gasteiger partial charge in [-0.25, -0.2) is 0 Å². The van der Waals surface area contributed by atoms with Gasteiger partial charge in [0.1, 0.15) is 11.6 Å². The number of hydrogen-bond donors (Lipinski definition) is 2. The third-order valence-electron chi connectivity index (χ3n) is 2.65. The van der Waals surface area contributed by atoms with Crippen LogP contribution in [-0.2, 0) is 6.42 Å². The van der Waals surface area contributed by atoms with E-state index in [1.54, 1.807) is 12.3 Å². The Morgan fingerprint density at radius 3 is 2.95 bits per heavy atom. The van der Waals surface area contributed by atoms with Crippen molar-refractivity contribution in [1.82, 2.24) is 4.98 Å². The standard InChI is InChI=1S/C14H19N3O2/c1-3-18-14-12(15)6-7-13(17-14)16-10(2)9-11-5-4-8-19-11/h4-8,10H,3,9,15H2,1-2H3,(H,16,17). The summed E-state index contributed by atoms with van der Waals surface area (Å²) in [5.41, 5.74) is 6.33. The minimum atomic E-state index is 0.205. The molecule has 2 aromatic rings. The molecule has 0 saturated carbocycles. The third-order valence-corrected chi connectivity index (χ3v) is 2.65. The average molecular weight is 261 g/mol. The maximum Gasteiger partial charge on any atom is 0.239 e. The molecule has 1 unspecified atom stereocenters. The van der Waals surface area contributed by atoms with Crippen LogP contribution in [0.15, 0.2) is 34.9 Å². The normalized spacial score (nSPS) is 12.1. The van der Waals surface area contributed by atoms with Crippen LogP contribution in [0.5, 0.6) is 5.88 Å². The lowest BCUT2D eigenvalue weighted by Crippen LogP contribution is -2.18. The van der Waals surface area contributed by atoms with Gasteiger partial charge in [0, 0.05) is 12.5 Å². The summed E-state index contributed by atoms with van der Waals surface area (Å²) in [6.45, 7) is 4.52. The second kappa shape index (κ2) is 6.13. The molecule has 5 nitrogen and oxygen atoms in total. The third kappa shape index (κ3) is 3.64. The van der Waals surface area contributed by atoms with E-state index >= 15 is 0 Å². The number of nitrogens with one attached hydrogen (secondary N) is 1. The van der Waals surface area contributed by atoms with E-state index in [1.165, 1.54) is 0 Å². The van der Waals surface area contributed by atoms with Crippen molar-refractivity contribution >= 4 is 11.5 Å². The highest BCUT2D eigenvalue weighted by atomic mass is 16.5. The first-order valence-corrected chi connectivity index (χ1v) is 6.37. The van der Waals surface area contributed by atoms with Crippen LogP contribution < -0.4 is 15.8 Å². The van der Waals surface area contributed by atoms with Crippen LogP contribution in [0, 0.1) is 0 Å². The SMILES string of the molecule is CCOc1nc(NC(C)Cc2ccco2)ccc1N. The number of nitrogen functional groups attached to an aromatic ring is 1. The molecule has 5 heteroatoms. The summed E-state index contributed by atoms with van der Waals surface area (Å²) in [4.78, 5) is 4.34. The molecule has 0 aliphatic rings. The molecule has 0 radical (unpaired) electrons. The summed E-state index contributed by atoms with van der Waals surface area (Å²) >= 11 is 0. The van der Waals surface area contributed by atoms with Crippen molar-refractivity contribution in [3.63, 3.8) is 0 Å². The number of ether oxygens (including phenoxy) is 1. The summed E-state index contributed by atoms with van der Waals surface area (Å²) in [6, 6.07) is 7.68. The second-order valence-corrected chi connectivity index (χ2v) is 4.35. The van der Waals surface area contributed by atoms with Gasteiger partial charge in [-0.2, -0.15) is 4.98 Å². The number of nitrogens with zero attached hydrogens (tertiary/aromatic N) is 1. The molecule has 0 aliphatic carbocycles. The summed E-state index contributed by atoms with van der Waals surface area (Å²) in [5.74, 6) is 2.16. The Hall–Kier alpha value is -2.17. The first kappa shape index (κ1) is 13.3. The van der Waals surface area contributed by atoms with E-state index in [1.807, 2.05) is 25.1 Å². The van der Waals surface area contributed by atoms with Gasteiger partial charge in [0.2, 0.25) is 5.88 Å². The van der Waals surface area contributed by atoms with E-state index in [9.17, 15) is 0 Å². The largest absolute Gasteiger partial charge is 0.476 e. The quantitative estimate of drug-likeness (QED) is 0.836. The second-order valence-electron chi connectivity index (χ2n) is 4.35. The Morgan fingerprint density at radius 2 is 2.26 bits per heavy atom. The zero-order valence-corrected chi connectivity index (χ0v) is 11.2. The Morgan fingerprint density at radius 1 is 1.42 bits per heavy atom. The molecule has 19 heavy (non-hydrogen) atoms. The van der Waals surface area contributed by atoms with Crippen LogP contribution in [0.4, 0.5) is 11.5 Å². The summed E-state index contributed by atoms with van der Waals surface area (Å²) in [7, 11) is 0. The van der Waals surface area contributed by atoms with Crippen molar-refractivity contribution in [2.75, 3.05) is 17.7 Å². The molecule has 3 N–H and O–H groups in total. The van der Waals surface area contributed by atoms with Crippen molar-refractivity contribution in [2.45, 2.75) is 26.3 Å². The lowest BCUT2D eigenvalue weighted by atomic mass is 10.2. The van der Waals surface area contributed by atoms with Crippen molar-refractivity contribution < 1.29 is 9.15 Å². The number of nitrogens with two attached hydrogens (primary N) is 1. The van der Waals surface area contributed by atoms with E-state index in [-0.39, 0.29) is 6.04 Å². The van der Waals surface area contributed by atoms with Gasteiger partial charge in [-0.05, 0) is 38.1 Å². The van der Waals surface area contributed by atoms with Gasteiger partial charge in [-0.1, -0.05) is 0 Å². The molecule has 1 atom stereocenters. The fraction of sp³-hybridized carbons (Fsp3) is 0.357. The zero-order chi connectivity index (χ0) is 13.7. The number of hydrogen-bond acceptors (Lipinski definition) is 5.